The summed E-state index contributed by atoms with van der Waals surface area (Å²) >= 11 is 3.64. The van der Waals surface area contributed by atoms with Gasteiger partial charge in [-0.25, -0.2) is 0 Å². The van der Waals surface area contributed by atoms with E-state index in [1.165, 1.54) is 51.4 Å². The number of hydrogen-bond acceptors (Lipinski definition) is 4. The minimum absolute atomic E-state index is 0.408. The van der Waals surface area contributed by atoms with Gasteiger partial charge in [0.1, 0.15) is 0 Å². The molecule has 0 aromatic rings. The van der Waals surface area contributed by atoms with E-state index in [-0.39, 0.29) is 0 Å². The lowest BCUT2D eigenvalue weighted by molar-refractivity contribution is -0.0617. The molecule has 4 rings (SSSR count). The van der Waals surface area contributed by atoms with Gasteiger partial charge in [-0.2, -0.15) is 0 Å². The highest BCUT2D eigenvalue weighted by atomic mass is 32.2. The van der Waals surface area contributed by atoms with Crippen LogP contribution in [0.25, 0.3) is 0 Å². The number of thioether (sulfide) groups is 1. The van der Waals surface area contributed by atoms with Crippen molar-refractivity contribution in [2.24, 2.45) is 29.6 Å². The van der Waals surface area contributed by atoms with Crippen LogP contribution in [0.1, 0.15) is 58.3 Å². The Labute approximate surface area is 150 Å². The van der Waals surface area contributed by atoms with E-state index < -0.39 is 0 Å². The molecule has 3 saturated carbocycles. The van der Waals surface area contributed by atoms with Crippen molar-refractivity contribution in [3.05, 3.63) is 0 Å². The molecule has 2 nitrogen and oxygen atoms in total. The minimum Gasteiger partial charge on any atom is -0.368 e. The molecule has 3 aliphatic carbocycles. The first-order valence-electron chi connectivity index (χ1n) is 9.62. The fourth-order valence-corrected chi connectivity index (χ4v) is 7.78. The molecule has 23 heavy (non-hydrogen) atoms. The fourth-order valence-electron chi connectivity index (χ4n) is 6.39. The van der Waals surface area contributed by atoms with Crippen molar-refractivity contribution in [2.75, 3.05) is 18.8 Å². The van der Waals surface area contributed by atoms with Crippen LogP contribution < -0.4 is 0 Å². The monoisotopic (exact) mass is 356 g/mol. The van der Waals surface area contributed by atoms with Gasteiger partial charge in [0.2, 0.25) is 0 Å². The average molecular weight is 357 g/mol. The Bertz CT molecular complexity index is 418. The summed E-state index contributed by atoms with van der Waals surface area (Å²) in [7, 11) is 0. The van der Waals surface area contributed by atoms with Crippen LogP contribution >= 0.6 is 23.8 Å². The van der Waals surface area contributed by atoms with Crippen LogP contribution in [0.5, 0.6) is 0 Å². The standard InChI is InChI=1S/C19H32O2S2/c1-19-9-7-16-15-6-4-14(20-12-22-2)11-13(15)3-5-17(16)18(19)8-10-21-23-19/h13-18H,3-12H2,1-2H3/t13?,14?,15?,16?,17?,18?,19-/m0/s1. The Morgan fingerprint density at radius 2 is 1.96 bits per heavy atom. The number of fused-ring (bicyclic) bond motifs is 5. The van der Waals surface area contributed by atoms with Gasteiger partial charge in [-0.15, -0.1) is 11.8 Å². The van der Waals surface area contributed by atoms with Crippen LogP contribution in [-0.4, -0.2) is 29.7 Å². The Kier molecular flexibility index (Phi) is 5.26. The normalized spacial score (nSPS) is 49.8. The van der Waals surface area contributed by atoms with Crippen molar-refractivity contribution in [1.29, 1.82) is 0 Å². The van der Waals surface area contributed by atoms with E-state index in [9.17, 15) is 0 Å². The first-order valence-corrected chi connectivity index (χ1v) is 11.8. The predicted molar refractivity (Wildman–Crippen MR) is 99.6 cm³/mol. The van der Waals surface area contributed by atoms with Crippen molar-refractivity contribution in [1.82, 2.24) is 0 Å². The van der Waals surface area contributed by atoms with E-state index in [0.29, 0.717) is 10.9 Å². The highest BCUT2D eigenvalue weighted by molar-refractivity contribution is 7.98. The molecular weight excluding hydrogens is 324 g/mol. The van der Waals surface area contributed by atoms with E-state index in [0.717, 1.165) is 42.1 Å². The van der Waals surface area contributed by atoms with E-state index in [1.807, 2.05) is 23.8 Å². The van der Waals surface area contributed by atoms with Crippen LogP contribution in [0.3, 0.4) is 0 Å². The fraction of sp³-hybridized carbons (Fsp3) is 1.00. The molecule has 4 fully saturated rings. The van der Waals surface area contributed by atoms with Crippen LogP contribution in [0.4, 0.5) is 0 Å². The van der Waals surface area contributed by atoms with Crippen LogP contribution in [0.15, 0.2) is 0 Å². The van der Waals surface area contributed by atoms with Gasteiger partial charge in [0.05, 0.1) is 18.6 Å². The largest absolute Gasteiger partial charge is 0.368 e. The lowest BCUT2D eigenvalue weighted by Gasteiger charge is -2.57. The molecular formula is C19H32O2S2. The van der Waals surface area contributed by atoms with Crippen molar-refractivity contribution in [2.45, 2.75) is 69.1 Å². The molecule has 1 heterocycles. The zero-order chi connectivity index (χ0) is 15.9. The third-order valence-corrected chi connectivity index (χ3v) is 8.97. The van der Waals surface area contributed by atoms with Crippen LogP contribution in [0, 0.1) is 29.6 Å². The third-order valence-electron chi connectivity index (χ3n) is 7.42. The summed E-state index contributed by atoms with van der Waals surface area (Å²) in [4.78, 5) is 0. The van der Waals surface area contributed by atoms with Gasteiger partial charge < -0.3 is 8.92 Å². The van der Waals surface area contributed by atoms with Gasteiger partial charge in [0, 0.05) is 4.75 Å². The predicted octanol–water partition coefficient (Wildman–Crippen LogP) is 5.37. The molecule has 0 amide bonds. The molecule has 0 radical (unpaired) electrons. The maximum Gasteiger partial charge on any atom is 0.0921 e. The number of ether oxygens (including phenoxy) is 1. The van der Waals surface area contributed by atoms with Gasteiger partial charge in [0.15, 0.2) is 0 Å². The molecule has 1 saturated heterocycles. The zero-order valence-electron chi connectivity index (χ0n) is 14.7. The topological polar surface area (TPSA) is 18.5 Å². The Morgan fingerprint density at radius 3 is 2.83 bits per heavy atom. The summed E-state index contributed by atoms with van der Waals surface area (Å²) < 4.78 is 12.2. The summed E-state index contributed by atoms with van der Waals surface area (Å²) in [5.41, 5.74) is 0. The van der Waals surface area contributed by atoms with Gasteiger partial charge in [-0.05, 0) is 106 Å². The number of hydrogen-bond donors (Lipinski definition) is 0. The lowest BCUT2D eigenvalue weighted by atomic mass is 9.52. The van der Waals surface area contributed by atoms with Gasteiger partial charge >= 0.3 is 0 Å². The van der Waals surface area contributed by atoms with Crippen molar-refractivity contribution < 1.29 is 8.92 Å². The summed E-state index contributed by atoms with van der Waals surface area (Å²) in [5, 5.41) is 0. The molecule has 0 N–H and O–H groups in total. The molecule has 6 unspecified atom stereocenters. The third kappa shape index (κ3) is 3.22. The molecule has 132 valence electrons. The summed E-state index contributed by atoms with van der Waals surface area (Å²) in [6.45, 7) is 3.46. The van der Waals surface area contributed by atoms with Gasteiger partial charge in [-0.3, -0.25) is 0 Å². The van der Waals surface area contributed by atoms with E-state index in [2.05, 4.69) is 13.2 Å². The summed E-state index contributed by atoms with van der Waals surface area (Å²) in [5.74, 6) is 5.73. The number of rotatable bonds is 3. The molecule has 0 spiro atoms. The summed E-state index contributed by atoms with van der Waals surface area (Å²) in [6.07, 6.45) is 13.8. The minimum atomic E-state index is 0.408. The maximum absolute atomic E-state index is 6.06. The van der Waals surface area contributed by atoms with Crippen molar-refractivity contribution in [3.63, 3.8) is 0 Å². The zero-order valence-corrected chi connectivity index (χ0v) is 16.3. The second-order valence-corrected chi connectivity index (χ2v) is 10.6. The molecule has 0 aromatic carbocycles. The SMILES string of the molecule is CSCOC1CCC2C(CCC3C2CC[C@]2(C)SOCCC32)C1. The quantitative estimate of drug-likeness (QED) is 0.499. The molecule has 4 aliphatic rings. The van der Waals surface area contributed by atoms with Gasteiger partial charge in [0.25, 0.3) is 0 Å². The smallest absolute Gasteiger partial charge is 0.0921 e. The van der Waals surface area contributed by atoms with E-state index in [1.54, 1.807) is 0 Å². The second kappa shape index (κ2) is 7.09. The lowest BCUT2D eigenvalue weighted by Crippen LogP contribution is -2.52. The molecule has 7 atom stereocenters. The molecule has 0 aromatic heterocycles. The highest BCUT2D eigenvalue weighted by Gasteiger charge is 2.53. The van der Waals surface area contributed by atoms with Crippen LogP contribution in [0.2, 0.25) is 0 Å². The summed E-state index contributed by atoms with van der Waals surface area (Å²) in [6, 6.07) is 0. The Morgan fingerprint density at radius 1 is 1.09 bits per heavy atom. The maximum atomic E-state index is 6.06. The van der Waals surface area contributed by atoms with Crippen LogP contribution in [-0.2, 0) is 8.92 Å². The molecule has 0 bridgehead atoms. The van der Waals surface area contributed by atoms with E-state index in [4.69, 9.17) is 8.92 Å². The average Bonchev–Trinajstić information content (AvgIpc) is 2.58. The highest BCUT2D eigenvalue weighted by Crippen LogP contribution is 2.60. The molecule has 1 aliphatic heterocycles. The second-order valence-electron chi connectivity index (χ2n) is 8.49. The Hall–Kier alpha value is 0.620. The van der Waals surface area contributed by atoms with Crippen molar-refractivity contribution in [3.8, 4) is 0 Å². The first kappa shape index (κ1) is 17.1. The van der Waals surface area contributed by atoms with Crippen molar-refractivity contribution >= 4 is 23.8 Å². The van der Waals surface area contributed by atoms with E-state index >= 15 is 0 Å². The first-order chi connectivity index (χ1) is 11.2. The van der Waals surface area contributed by atoms with Gasteiger partial charge in [-0.1, -0.05) is 0 Å². The Balaban J connectivity index is 1.43. The molecule has 4 heteroatoms.